The number of nitrogens with one attached hydrogen (secondary N) is 2. The van der Waals surface area contributed by atoms with Gasteiger partial charge < -0.3 is 20.7 Å². The second kappa shape index (κ2) is 3.57. The summed E-state index contributed by atoms with van der Waals surface area (Å²) in [6, 6.07) is 0. The number of hydrogen-bond donors (Lipinski definition) is 3. The van der Waals surface area contributed by atoms with Gasteiger partial charge in [0.25, 0.3) is 5.78 Å². The molecule has 0 amide bonds. The van der Waals surface area contributed by atoms with Crippen LogP contribution in [0.25, 0.3) is 0 Å². The summed E-state index contributed by atoms with van der Waals surface area (Å²) in [5, 5.41) is 23.3. The Balaban J connectivity index is 3.09. The fourth-order valence-electron chi connectivity index (χ4n) is 1.86. The predicted octanol–water partition coefficient (Wildman–Crippen LogP) is -0.975. The van der Waals surface area contributed by atoms with Gasteiger partial charge >= 0.3 is 5.97 Å². The SMILES string of the molecule is CC1(C)N/C(=C\C(=O)C(=O)O)C(C)(C)[NH+]1[O-]. The van der Waals surface area contributed by atoms with E-state index in [1.807, 2.05) is 0 Å². The van der Waals surface area contributed by atoms with Crippen LogP contribution in [0.1, 0.15) is 27.7 Å². The number of ketones is 1. The van der Waals surface area contributed by atoms with Crippen LogP contribution in [0.2, 0.25) is 0 Å². The van der Waals surface area contributed by atoms with Gasteiger partial charge in [0.05, 0.1) is 5.70 Å². The van der Waals surface area contributed by atoms with Gasteiger partial charge in [-0.2, -0.15) is 0 Å². The monoisotopic (exact) mass is 228 g/mol. The molecule has 0 aromatic rings. The van der Waals surface area contributed by atoms with Gasteiger partial charge in [0.15, 0.2) is 5.66 Å². The predicted molar refractivity (Wildman–Crippen MR) is 56.3 cm³/mol. The first kappa shape index (κ1) is 12.7. The molecule has 16 heavy (non-hydrogen) atoms. The van der Waals surface area contributed by atoms with Crippen LogP contribution < -0.4 is 10.4 Å². The minimum Gasteiger partial charge on any atom is -0.632 e. The average molecular weight is 228 g/mol. The Kier molecular flexibility index (Phi) is 2.82. The molecule has 0 aromatic heterocycles. The minimum atomic E-state index is -1.53. The van der Waals surface area contributed by atoms with E-state index in [0.717, 1.165) is 6.08 Å². The Labute approximate surface area is 93.5 Å². The molecule has 1 aliphatic rings. The van der Waals surface area contributed by atoms with E-state index in [-0.39, 0.29) is 5.06 Å². The second-order valence-electron chi connectivity index (χ2n) is 4.93. The Morgan fingerprint density at radius 3 is 2.19 bits per heavy atom. The van der Waals surface area contributed by atoms with Crippen molar-refractivity contribution < 1.29 is 19.8 Å². The van der Waals surface area contributed by atoms with Crippen LogP contribution in [-0.4, -0.2) is 28.1 Å². The number of aliphatic carboxylic acids is 1. The topological polar surface area (TPSA) is 93.9 Å². The number of hydroxylamine groups is 2. The standard InChI is InChI=1S/C10H16N2O4/c1-9(2)7(5-6(13)8(14)15)11-10(3,4)12(9)16/h5,11-12H,1-4H3,(H,14,15)/b7-5-. The van der Waals surface area contributed by atoms with Gasteiger partial charge in [-0.15, -0.1) is 0 Å². The van der Waals surface area contributed by atoms with E-state index < -0.39 is 23.0 Å². The number of carbonyl (C=O) groups is 2. The van der Waals surface area contributed by atoms with Crippen molar-refractivity contribution in [2.45, 2.75) is 38.9 Å². The van der Waals surface area contributed by atoms with Gasteiger partial charge in [-0.05, 0) is 13.8 Å². The van der Waals surface area contributed by atoms with Crippen LogP contribution in [0, 0.1) is 5.21 Å². The summed E-state index contributed by atoms with van der Waals surface area (Å²) in [5.41, 5.74) is -1.27. The van der Waals surface area contributed by atoms with Gasteiger partial charge in [-0.25, -0.2) is 4.79 Å². The summed E-state index contributed by atoms with van der Waals surface area (Å²) >= 11 is 0. The normalized spacial score (nSPS) is 28.8. The second-order valence-corrected chi connectivity index (χ2v) is 4.93. The lowest BCUT2D eigenvalue weighted by atomic mass is 10.0. The van der Waals surface area contributed by atoms with Crippen molar-refractivity contribution in [3.8, 4) is 0 Å². The Bertz CT molecular complexity index is 371. The molecule has 6 heteroatoms. The van der Waals surface area contributed by atoms with Crippen molar-refractivity contribution >= 4 is 11.8 Å². The molecule has 1 rings (SSSR count). The fourth-order valence-corrected chi connectivity index (χ4v) is 1.86. The maximum Gasteiger partial charge on any atom is 0.376 e. The molecule has 6 nitrogen and oxygen atoms in total. The molecule has 0 spiro atoms. The van der Waals surface area contributed by atoms with Gasteiger partial charge in [-0.3, -0.25) is 4.79 Å². The molecule has 0 aromatic carbocycles. The third kappa shape index (κ3) is 1.94. The van der Waals surface area contributed by atoms with Crippen molar-refractivity contribution in [2.75, 3.05) is 0 Å². The van der Waals surface area contributed by atoms with E-state index in [0.29, 0.717) is 5.70 Å². The summed E-state index contributed by atoms with van der Waals surface area (Å²) in [5.74, 6) is -2.55. The van der Waals surface area contributed by atoms with Crippen LogP contribution in [0.3, 0.4) is 0 Å². The van der Waals surface area contributed by atoms with Gasteiger partial charge in [-0.1, -0.05) is 0 Å². The zero-order chi connectivity index (χ0) is 12.7. The third-order valence-electron chi connectivity index (χ3n) is 2.74. The molecular weight excluding hydrogens is 212 g/mol. The molecule has 0 aliphatic carbocycles. The molecule has 0 bridgehead atoms. The van der Waals surface area contributed by atoms with E-state index >= 15 is 0 Å². The van der Waals surface area contributed by atoms with Gasteiger partial charge in [0.2, 0.25) is 0 Å². The maximum atomic E-state index is 11.9. The fraction of sp³-hybridized carbons (Fsp3) is 0.600. The van der Waals surface area contributed by atoms with Gasteiger partial charge in [0.1, 0.15) is 5.54 Å². The summed E-state index contributed by atoms with van der Waals surface area (Å²) in [4.78, 5) is 21.5. The van der Waals surface area contributed by atoms with Crippen molar-refractivity contribution in [1.82, 2.24) is 5.32 Å². The molecule has 0 radical (unpaired) electrons. The van der Waals surface area contributed by atoms with E-state index in [9.17, 15) is 14.8 Å². The lowest BCUT2D eigenvalue weighted by molar-refractivity contribution is -0.931. The summed E-state index contributed by atoms with van der Waals surface area (Å²) in [6.07, 6.45) is 0.981. The lowest BCUT2D eigenvalue weighted by Gasteiger charge is -2.38. The number of carboxylic acid groups (broad SMARTS) is 1. The first-order chi connectivity index (χ1) is 7.09. The Morgan fingerprint density at radius 2 is 1.88 bits per heavy atom. The minimum absolute atomic E-state index is 0.0653. The molecule has 1 fully saturated rings. The van der Waals surface area contributed by atoms with Crippen LogP contribution in [-0.2, 0) is 9.59 Å². The van der Waals surface area contributed by atoms with Crippen molar-refractivity contribution in [2.24, 2.45) is 0 Å². The lowest BCUT2D eigenvalue weighted by Crippen LogP contribution is -3.20. The number of carbonyl (C=O) groups excluding carboxylic acids is 1. The first-order valence-corrected chi connectivity index (χ1v) is 4.91. The number of quaternary nitrogens is 1. The van der Waals surface area contributed by atoms with E-state index in [4.69, 9.17) is 5.11 Å². The molecule has 1 unspecified atom stereocenters. The summed E-state index contributed by atoms with van der Waals surface area (Å²) in [6.45, 7) is 6.72. The molecule has 1 saturated heterocycles. The molecule has 1 aliphatic heterocycles. The van der Waals surface area contributed by atoms with Crippen LogP contribution >= 0.6 is 0 Å². The molecule has 90 valence electrons. The number of hydrogen-bond acceptors (Lipinski definition) is 4. The zero-order valence-corrected chi connectivity index (χ0v) is 9.75. The van der Waals surface area contributed by atoms with Gasteiger partial charge in [0, 0.05) is 19.9 Å². The van der Waals surface area contributed by atoms with Crippen molar-refractivity contribution in [3.63, 3.8) is 0 Å². The number of rotatable bonds is 2. The van der Waals surface area contributed by atoms with E-state index in [1.165, 1.54) is 0 Å². The highest BCUT2D eigenvalue weighted by Gasteiger charge is 2.48. The highest BCUT2D eigenvalue weighted by molar-refractivity contribution is 6.37. The highest BCUT2D eigenvalue weighted by atomic mass is 16.5. The Morgan fingerprint density at radius 1 is 1.38 bits per heavy atom. The van der Waals surface area contributed by atoms with E-state index in [2.05, 4.69) is 5.32 Å². The maximum absolute atomic E-state index is 11.9. The summed E-state index contributed by atoms with van der Waals surface area (Å²) < 4.78 is 0. The van der Waals surface area contributed by atoms with Crippen LogP contribution in [0.5, 0.6) is 0 Å². The average Bonchev–Trinajstić information content (AvgIpc) is 2.27. The van der Waals surface area contributed by atoms with Crippen molar-refractivity contribution in [3.05, 3.63) is 17.0 Å². The molecule has 3 N–H and O–H groups in total. The highest BCUT2D eigenvalue weighted by Crippen LogP contribution is 2.20. The Hall–Kier alpha value is -1.40. The largest absolute Gasteiger partial charge is 0.632 e. The molecule has 1 heterocycles. The first-order valence-electron chi connectivity index (χ1n) is 4.91. The number of carboxylic acids is 1. The molecule has 0 saturated carbocycles. The van der Waals surface area contributed by atoms with Crippen molar-refractivity contribution in [1.29, 1.82) is 0 Å². The molecular formula is C10H16N2O4. The molecule has 1 atom stereocenters. The van der Waals surface area contributed by atoms with E-state index in [1.54, 1.807) is 27.7 Å². The smallest absolute Gasteiger partial charge is 0.376 e. The summed E-state index contributed by atoms with van der Waals surface area (Å²) in [7, 11) is 0. The zero-order valence-electron chi connectivity index (χ0n) is 9.75. The third-order valence-corrected chi connectivity index (χ3v) is 2.74. The van der Waals surface area contributed by atoms with Crippen LogP contribution in [0.15, 0.2) is 11.8 Å². The van der Waals surface area contributed by atoms with Crippen LogP contribution in [0.4, 0.5) is 0 Å². The quantitative estimate of drug-likeness (QED) is 0.321.